The van der Waals surface area contributed by atoms with Crippen molar-refractivity contribution in [2.24, 2.45) is 28.1 Å². The Labute approximate surface area is 273 Å². The summed E-state index contributed by atoms with van der Waals surface area (Å²) in [5, 5.41) is 13.3. The molecule has 3 aromatic carbocycles. The van der Waals surface area contributed by atoms with Crippen molar-refractivity contribution < 1.29 is 9.59 Å². The number of aromatic nitrogens is 2. The van der Waals surface area contributed by atoms with Crippen LogP contribution < -0.4 is 5.43 Å². The number of rotatable bonds is 4. The van der Waals surface area contributed by atoms with Gasteiger partial charge in [-0.3, -0.25) is 9.59 Å². The summed E-state index contributed by atoms with van der Waals surface area (Å²) in [6, 6.07) is 20.9. The highest BCUT2D eigenvalue weighted by atomic mass is 16.2. The van der Waals surface area contributed by atoms with Gasteiger partial charge in [0.1, 0.15) is 0 Å². The number of hydrazone groups is 2. The van der Waals surface area contributed by atoms with Gasteiger partial charge < -0.3 is 9.13 Å². The highest BCUT2D eigenvalue weighted by molar-refractivity contribution is 6.22. The number of aryl methyl sites for hydroxylation is 1. The number of hydrogen-bond donors (Lipinski definition) is 1. The van der Waals surface area contributed by atoms with E-state index in [0.717, 1.165) is 74.7 Å². The van der Waals surface area contributed by atoms with Crippen LogP contribution in [0.1, 0.15) is 88.0 Å². The molecule has 8 heteroatoms. The summed E-state index contributed by atoms with van der Waals surface area (Å²) in [4.78, 5) is 27.6. The highest BCUT2D eigenvalue weighted by Crippen LogP contribution is 2.47. The van der Waals surface area contributed by atoms with Gasteiger partial charge in [0.25, 0.3) is 11.8 Å². The third-order valence-electron chi connectivity index (χ3n) is 10.9. The van der Waals surface area contributed by atoms with E-state index in [4.69, 9.17) is 10.2 Å². The van der Waals surface area contributed by atoms with Crippen LogP contribution in [0.2, 0.25) is 0 Å². The van der Waals surface area contributed by atoms with Crippen molar-refractivity contribution in [2.45, 2.75) is 59.4 Å². The third kappa shape index (κ3) is 4.06. The Morgan fingerprint density at radius 3 is 2.36 bits per heavy atom. The Hall–Kier alpha value is -4.98. The molecule has 8 nitrogen and oxygen atoms in total. The second-order valence-electron chi connectivity index (χ2n) is 15.2. The average molecular weight is 623 g/mol. The molecule has 5 aromatic rings. The SMILES string of the molecule is CN1N=C2CC(C)(C)Cc3c2c2c(c(CC4(C)CC5=NNC(=O)c6cccc7c6c5c(n7Cc5ccccc5)C4)ccc2n3C)C1=O. The zero-order chi connectivity index (χ0) is 32.4. The normalized spacial score (nSPS) is 21.0. The fourth-order valence-corrected chi connectivity index (χ4v) is 8.97. The lowest BCUT2D eigenvalue weighted by atomic mass is 9.69. The molecule has 2 amide bonds. The fraction of sp³-hybridized carbons (Fsp3) is 0.333. The Bertz CT molecular complexity index is 2280. The monoisotopic (exact) mass is 622 g/mol. The van der Waals surface area contributed by atoms with Crippen LogP contribution in [0.5, 0.6) is 0 Å². The maximum absolute atomic E-state index is 14.3. The zero-order valence-electron chi connectivity index (χ0n) is 27.6. The summed E-state index contributed by atoms with van der Waals surface area (Å²) in [5.74, 6) is -0.229. The first-order chi connectivity index (χ1) is 22.5. The van der Waals surface area contributed by atoms with Crippen molar-refractivity contribution in [2.75, 3.05) is 7.05 Å². The molecule has 2 aromatic heterocycles. The minimum atomic E-state index is -0.264. The van der Waals surface area contributed by atoms with Crippen molar-refractivity contribution in [3.63, 3.8) is 0 Å². The Morgan fingerprint density at radius 2 is 1.55 bits per heavy atom. The lowest BCUT2D eigenvalue weighted by Crippen LogP contribution is -2.34. The second-order valence-corrected chi connectivity index (χ2v) is 15.2. The summed E-state index contributed by atoms with van der Waals surface area (Å²) in [6.45, 7) is 7.58. The molecule has 0 bridgehead atoms. The molecule has 47 heavy (non-hydrogen) atoms. The van der Waals surface area contributed by atoms with Crippen LogP contribution in [0.3, 0.4) is 0 Å². The smallest absolute Gasteiger partial charge is 0.274 e. The van der Waals surface area contributed by atoms with E-state index in [0.29, 0.717) is 24.9 Å². The molecule has 2 aliphatic carbocycles. The van der Waals surface area contributed by atoms with E-state index in [-0.39, 0.29) is 22.6 Å². The summed E-state index contributed by atoms with van der Waals surface area (Å²) in [7, 11) is 3.92. The summed E-state index contributed by atoms with van der Waals surface area (Å²) in [5.41, 5.74) is 15.1. The maximum atomic E-state index is 14.3. The first-order valence-corrected chi connectivity index (χ1v) is 16.6. The van der Waals surface area contributed by atoms with Gasteiger partial charge in [-0.05, 0) is 72.3 Å². The average Bonchev–Trinajstić information content (AvgIpc) is 3.39. The van der Waals surface area contributed by atoms with Crippen molar-refractivity contribution in [1.29, 1.82) is 0 Å². The first-order valence-electron chi connectivity index (χ1n) is 16.6. The molecular weight excluding hydrogens is 584 g/mol. The molecule has 1 unspecified atom stereocenters. The first kappa shape index (κ1) is 28.3. The predicted octanol–water partition coefficient (Wildman–Crippen LogP) is 6.59. The molecule has 0 fully saturated rings. The summed E-state index contributed by atoms with van der Waals surface area (Å²) in [6.07, 6.45) is 3.94. The molecule has 0 saturated carbocycles. The summed E-state index contributed by atoms with van der Waals surface area (Å²) >= 11 is 0. The van der Waals surface area contributed by atoms with Gasteiger partial charge in [-0.25, -0.2) is 10.4 Å². The fourth-order valence-electron chi connectivity index (χ4n) is 8.97. The predicted molar refractivity (Wildman–Crippen MR) is 185 cm³/mol. The lowest BCUT2D eigenvalue weighted by Gasteiger charge is -2.36. The van der Waals surface area contributed by atoms with E-state index in [9.17, 15) is 9.59 Å². The van der Waals surface area contributed by atoms with Gasteiger partial charge in [0, 0.05) is 59.4 Å². The van der Waals surface area contributed by atoms with Crippen LogP contribution in [0.4, 0.5) is 0 Å². The minimum Gasteiger partial charge on any atom is -0.347 e. The summed E-state index contributed by atoms with van der Waals surface area (Å²) < 4.78 is 4.67. The van der Waals surface area contributed by atoms with Gasteiger partial charge in [0.15, 0.2) is 0 Å². The van der Waals surface area contributed by atoms with E-state index in [2.05, 4.69) is 84.8 Å². The Morgan fingerprint density at radius 1 is 0.766 bits per heavy atom. The van der Waals surface area contributed by atoms with Crippen molar-refractivity contribution in [1.82, 2.24) is 19.6 Å². The number of carbonyl (C=O) groups is 2. The number of nitrogens with one attached hydrogen (secondary N) is 1. The highest BCUT2D eigenvalue weighted by Gasteiger charge is 2.42. The van der Waals surface area contributed by atoms with Crippen LogP contribution in [-0.4, -0.2) is 44.4 Å². The molecule has 236 valence electrons. The van der Waals surface area contributed by atoms with E-state index < -0.39 is 0 Å². The van der Waals surface area contributed by atoms with Gasteiger partial charge in [-0.2, -0.15) is 10.2 Å². The number of hydrogen-bond acceptors (Lipinski definition) is 4. The minimum absolute atomic E-state index is 0.0549. The molecule has 4 heterocycles. The van der Waals surface area contributed by atoms with E-state index in [1.807, 2.05) is 18.2 Å². The third-order valence-corrected chi connectivity index (χ3v) is 10.9. The number of nitrogens with zero attached hydrogens (tertiary/aromatic N) is 5. The van der Waals surface area contributed by atoms with Crippen LogP contribution in [-0.2, 0) is 32.9 Å². The lowest BCUT2D eigenvalue weighted by molar-refractivity contribution is 0.0799. The van der Waals surface area contributed by atoms with Gasteiger partial charge in [-0.15, -0.1) is 0 Å². The van der Waals surface area contributed by atoms with Crippen molar-refractivity contribution >= 4 is 45.0 Å². The molecule has 2 aliphatic heterocycles. The molecule has 0 radical (unpaired) electrons. The van der Waals surface area contributed by atoms with E-state index in [1.54, 1.807) is 12.1 Å². The van der Waals surface area contributed by atoms with E-state index in [1.165, 1.54) is 17.0 Å². The van der Waals surface area contributed by atoms with Gasteiger partial charge >= 0.3 is 0 Å². The molecule has 1 N–H and O–H groups in total. The molecule has 4 aliphatic rings. The topological polar surface area (TPSA) is 84.0 Å². The standard InChI is InChI=1S/C39H38N6O2/c1-38(2)17-26-34-29(19-38)43(4)27-15-14-23(31(35(27)34)37(47)44(5)42-26)16-39(3)18-25-33-30(20-39)45(21-22-10-7-6-8-11-22)28-13-9-12-24(32(28)33)36(46)41-40-25/h6-15H,16-21H2,1-5H3,(H,41,46). The second kappa shape index (κ2) is 9.53. The quantitative estimate of drug-likeness (QED) is 0.246. The molecule has 0 spiro atoms. The molecular formula is C39H38N6O2. The largest absolute Gasteiger partial charge is 0.347 e. The van der Waals surface area contributed by atoms with Crippen LogP contribution in [0, 0.1) is 10.8 Å². The van der Waals surface area contributed by atoms with Gasteiger partial charge in [0.05, 0.1) is 28.1 Å². The van der Waals surface area contributed by atoms with Crippen LogP contribution in [0.15, 0.2) is 70.9 Å². The number of benzene rings is 3. The number of amides is 2. The molecule has 1 atom stereocenters. The van der Waals surface area contributed by atoms with Gasteiger partial charge in [0.2, 0.25) is 0 Å². The van der Waals surface area contributed by atoms with Crippen LogP contribution in [0.25, 0.3) is 21.8 Å². The molecule has 0 saturated heterocycles. The number of carbonyl (C=O) groups excluding carboxylic acids is 2. The molecule has 9 rings (SSSR count). The van der Waals surface area contributed by atoms with Crippen molar-refractivity contribution in [3.8, 4) is 0 Å². The van der Waals surface area contributed by atoms with Crippen molar-refractivity contribution in [3.05, 3.63) is 105 Å². The van der Waals surface area contributed by atoms with Crippen LogP contribution >= 0.6 is 0 Å². The van der Waals surface area contributed by atoms with Gasteiger partial charge in [-0.1, -0.05) is 63.2 Å². The zero-order valence-corrected chi connectivity index (χ0v) is 27.6. The van der Waals surface area contributed by atoms with E-state index >= 15 is 0 Å². The Kier molecular flexibility index (Phi) is 5.73. The Balaban J connectivity index is 1.22. The maximum Gasteiger partial charge on any atom is 0.274 e.